The minimum absolute atomic E-state index is 0.0311. The monoisotopic (exact) mass is 213 g/mol. The highest BCUT2D eigenvalue weighted by molar-refractivity contribution is 5.68. The molecule has 0 radical (unpaired) electrons. The molecule has 2 aromatic rings. The molecule has 0 atom stereocenters. The van der Waals surface area contributed by atoms with Crippen LogP contribution >= 0.6 is 0 Å². The van der Waals surface area contributed by atoms with Gasteiger partial charge in [0.15, 0.2) is 0 Å². The van der Waals surface area contributed by atoms with E-state index >= 15 is 0 Å². The molecular weight excluding hydrogens is 202 g/mol. The minimum atomic E-state index is -0.312. The Balaban J connectivity index is 2.27. The Morgan fingerprint density at radius 1 is 1.06 bits per heavy atom. The maximum Gasteiger partial charge on any atom is 0.252 e. The van der Waals surface area contributed by atoms with Gasteiger partial charge in [-0.1, -0.05) is 36.4 Å². The first-order chi connectivity index (χ1) is 7.74. The van der Waals surface area contributed by atoms with E-state index in [-0.39, 0.29) is 11.3 Å². The zero-order valence-corrected chi connectivity index (χ0v) is 8.55. The predicted octanol–water partition coefficient (Wildman–Crippen LogP) is 2.25. The summed E-state index contributed by atoms with van der Waals surface area (Å²) in [6, 6.07) is 12.4. The molecule has 1 heterocycles. The molecule has 2 rings (SSSR count). The molecule has 1 aromatic heterocycles. The zero-order valence-electron chi connectivity index (χ0n) is 8.55. The SMILES string of the molecule is O=c1cc(O)cc(C=Cc2ccccc2)[nH]1. The van der Waals surface area contributed by atoms with Crippen molar-refractivity contribution in [2.45, 2.75) is 0 Å². The van der Waals surface area contributed by atoms with Crippen molar-refractivity contribution >= 4 is 12.2 Å². The number of hydrogen-bond donors (Lipinski definition) is 2. The van der Waals surface area contributed by atoms with E-state index in [0.29, 0.717) is 5.69 Å². The third kappa shape index (κ3) is 2.60. The van der Waals surface area contributed by atoms with Gasteiger partial charge in [-0.3, -0.25) is 4.79 Å². The molecule has 0 bridgehead atoms. The smallest absolute Gasteiger partial charge is 0.252 e. The van der Waals surface area contributed by atoms with Gasteiger partial charge in [0.2, 0.25) is 0 Å². The predicted molar refractivity (Wildman–Crippen MR) is 64.1 cm³/mol. The quantitative estimate of drug-likeness (QED) is 0.803. The van der Waals surface area contributed by atoms with Crippen molar-refractivity contribution in [3.63, 3.8) is 0 Å². The van der Waals surface area contributed by atoms with E-state index in [2.05, 4.69) is 4.98 Å². The van der Waals surface area contributed by atoms with Gasteiger partial charge in [0.05, 0.1) is 0 Å². The van der Waals surface area contributed by atoms with Gasteiger partial charge in [0, 0.05) is 17.8 Å². The average Bonchev–Trinajstić information content (AvgIpc) is 2.27. The molecule has 3 nitrogen and oxygen atoms in total. The topological polar surface area (TPSA) is 53.1 Å². The molecule has 1 aromatic carbocycles. The van der Waals surface area contributed by atoms with Gasteiger partial charge in [-0.2, -0.15) is 0 Å². The van der Waals surface area contributed by atoms with E-state index in [1.165, 1.54) is 6.07 Å². The van der Waals surface area contributed by atoms with Crippen LogP contribution in [0.2, 0.25) is 0 Å². The third-order valence-corrected chi connectivity index (χ3v) is 2.10. The van der Waals surface area contributed by atoms with Crippen LogP contribution in [0.1, 0.15) is 11.3 Å². The molecule has 80 valence electrons. The summed E-state index contributed by atoms with van der Waals surface area (Å²) < 4.78 is 0. The first-order valence-electron chi connectivity index (χ1n) is 4.90. The molecule has 0 unspecified atom stereocenters. The lowest BCUT2D eigenvalue weighted by atomic mass is 10.2. The lowest BCUT2D eigenvalue weighted by Gasteiger charge is -1.95. The second kappa shape index (κ2) is 4.49. The normalized spacial score (nSPS) is 10.8. The van der Waals surface area contributed by atoms with E-state index in [0.717, 1.165) is 11.6 Å². The summed E-state index contributed by atoms with van der Waals surface area (Å²) in [6.45, 7) is 0. The summed E-state index contributed by atoms with van der Waals surface area (Å²) in [7, 11) is 0. The lowest BCUT2D eigenvalue weighted by Crippen LogP contribution is -2.03. The van der Waals surface area contributed by atoms with Crippen LogP contribution < -0.4 is 5.56 Å². The molecular formula is C13H11NO2. The van der Waals surface area contributed by atoms with Crippen LogP contribution in [0.5, 0.6) is 5.75 Å². The Morgan fingerprint density at radius 2 is 1.81 bits per heavy atom. The molecule has 0 saturated carbocycles. The number of aromatic amines is 1. The summed E-state index contributed by atoms with van der Waals surface area (Å²) >= 11 is 0. The van der Waals surface area contributed by atoms with Crippen molar-refractivity contribution < 1.29 is 5.11 Å². The fourth-order valence-corrected chi connectivity index (χ4v) is 1.39. The Kier molecular flexibility index (Phi) is 2.87. The van der Waals surface area contributed by atoms with Gasteiger partial charge in [-0.05, 0) is 11.6 Å². The van der Waals surface area contributed by atoms with Crippen molar-refractivity contribution in [1.29, 1.82) is 0 Å². The molecule has 0 aliphatic heterocycles. The van der Waals surface area contributed by atoms with Crippen LogP contribution in [0.4, 0.5) is 0 Å². The van der Waals surface area contributed by atoms with Crippen LogP contribution in [-0.4, -0.2) is 10.1 Å². The number of aromatic hydroxyl groups is 1. The number of nitrogens with one attached hydrogen (secondary N) is 1. The molecule has 0 spiro atoms. The fraction of sp³-hybridized carbons (Fsp3) is 0. The number of pyridine rings is 1. The van der Waals surface area contributed by atoms with Crippen LogP contribution in [0.3, 0.4) is 0 Å². The Bertz CT molecular complexity index is 556. The van der Waals surface area contributed by atoms with Crippen molar-refractivity contribution in [2.75, 3.05) is 0 Å². The van der Waals surface area contributed by atoms with E-state index in [4.69, 9.17) is 0 Å². The van der Waals surface area contributed by atoms with Gasteiger partial charge < -0.3 is 10.1 Å². The average molecular weight is 213 g/mol. The van der Waals surface area contributed by atoms with Gasteiger partial charge in [0.25, 0.3) is 5.56 Å². The number of aromatic nitrogens is 1. The van der Waals surface area contributed by atoms with Gasteiger partial charge in [0.1, 0.15) is 5.75 Å². The first-order valence-corrected chi connectivity index (χ1v) is 4.90. The lowest BCUT2D eigenvalue weighted by molar-refractivity contribution is 0.473. The van der Waals surface area contributed by atoms with Gasteiger partial charge in [-0.15, -0.1) is 0 Å². The van der Waals surface area contributed by atoms with Crippen molar-refractivity contribution in [3.05, 3.63) is 64.1 Å². The zero-order chi connectivity index (χ0) is 11.4. The summed E-state index contributed by atoms with van der Waals surface area (Å²) in [6.07, 6.45) is 3.61. The Hall–Kier alpha value is -2.29. The maximum atomic E-state index is 11.1. The Morgan fingerprint density at radius 3 is 2.50 bits per heavy atom. The minimum Gasteiger partial charge on any atom is -0.508 e. The van der Waals surface area contributed by atoms with E-state index in [9.17, 15) is 9.90 Å². The number of rotatable bonds is 2. The van der Waals surface area contributed by atoms with Crippen LogP contribution in [-0.2, 0) is 0 Å². The molecule has 0 aliphatic carbocycles. The maximum absolute atomic E-state index is 11.1. The van der Waals surface area contributed by atoms with E-state index in [1.807, 2.05) is 36.4 Å². The van der Waals surface area contributed by atoms with Crippen LogP contribution in [0, 0.1) is 0 Å². The second-order valence-electron chi connectivity index (χ2n) is 3.40. The van der Waals surface area contributed by atoms with E-state index in [1.54, 1.807) is 6.08 Å². The molecule has 2 N–H and O–H groups in total. The molecule has 0 fully saturated rings. The summed E-state index contributed by atoms with van der Waals surface area (Å²) in [5.74, 6) is -0.0311. The summed E-state index contributed by atoms with van der Waals surface area (Å²) in [4.78, 5) is 13.7. The van der Waals surface area contributed by atoms with Crippen molar-refractivity contribution in [1.82, 2.24) is 4.98 Å². The third-order valence-electron chi connectivity index (χ3n) is 2.10. The fourth-order valence-electron chi connectivity index (χ4n) is 1.39. The number of hydrogen-bond acceptors (Lipinski definition) is 2. The van der Waals surface area contributed by atoms with Crippen LogP contribution in [0.25, 0.3) is 12.2 Å². The second-order valence-corrected chi connectivity index (χ2v) is 3.40. The molecule has 0 amide bonds. The highest BCUT2D eigenvalue weighted by atomic mass is 16.3. The van der Waals surface area contributed by atoms with Gasteiger partial charge in [-0.25, -0.2) is 0 Å². The molecule has 0 aliphatic rings. The number of benzene rings is 1. The highest BCUT2D eigenvalue weighted by Gasteiger charge is 1.93. The Labute approximate surface area is 92.7 Å². The summed E-state index contributed by atoms with van der Waals surface area (Å²) in [5.41, 5.74) is 1.30. The highest BCUT2D eigenvalue weighted by Crippen LogP contribution is 2.09. The van der Waals surface area contributed by atoms with E-state index < -0.39 is 0 Å². The van der Waals surface area contributed by atoms with Crippen LogP contribution in [0.15, 0.2) is 47.3 Å². The number of H-pyrrole nitrogens is 1. The molecule has 3 heteroatoms. The van der Waals surface area contributed by atoms with Crippen molar-refractivity contribution in [3.8, 4) is 5.75 Å². The van der Waals surface area contributed by atoms with Crippen molar-refractivity contribution in [2.24, 2.45) is 0 Å². The molecule has 16 heavy (non-hydrogen) atoms. The first kappa shape index (κ1) is 10.2. The molecule has 0 saturated heterocycles. The largest absolute Gasteiger partial charge is 0.508 e. The standard InChI is InChI=1S/C13H11NO2/c15-12-8-11(14-13(16)9-12)7-6-10-4-2-1-3-5-10/h1-9H,(H2,14,15,16). The summed E-state index contributed by atoms with van der Waals surface area (Å²) in [5, 5.41) is 9.24. The van der Waals surface area contributed by atoms with Gasteiger partial charge >= 0.3 is 0 Å².